The molecule has 104 valence electrons. The highest BCUT2D eigenvalue weighted by Gasteiger charge is 2.36. The maximum Gasteiger partial charge on any atom is 0.227 e. The first-order valence-corrected chi connectivity index (χ1v) is 8.57. The van der Waals surface area contributed by atoms with Gasteiger partial charge in [0.25, 0.3) is 0 Å². The molecule has 0 aromatic heterocycles. The van der Waals surface area contributed by atoms with E-state index in [1.165, 1.54) is 0 Å². The van der Waals surface area contributed by atoms with E-state index in [1.54, 1.807) is 4.90 Å². The average molecular weight is 274 g/mol. The molecule has 2 saturated heterocycles. The minimum Gasteiger partial charge on any atom is -0.339 e. The van der Waals surface area contributed by atoms with E-state index in [1.807, 2.05) is 6.92 Å². The van der Waals surface area contributed by atoms with Crippen LogP contribution in [0.5, 0.6) is 0 Å². The topological polar surface area (TPSA) is 66.5 Å². The van der Waals surface area contributed by atoms with Gasteiger partial charge >= 0.3 is 0 Å². The Balaban J connectivity index is 2.01. The molecule has 0 radical (unpaired) electrons. The predicted molar refractivity (Wildman–Crippen MR) is 70.0 cm³/mol. The number of nitrogens with one attached hydrogen (secondary N) is 1. The Morgan fingerprint density at radius 1 is 1.39 bits per heavy atom. The van der Waals surface area contributed by atoms with Crippen LogP contribution in [0, 0.1) is 5.92 Å². The smallest absolute Gasteiger partial charge is 0.227 e. The molecule has 0 aromatic rings. The molecule has 2 unspecified atom stereocenters. The summed E-state index contributed by atoms with van der Waals surface area (Å²) < 4.78 is 23.0. The van der Waals surface area contributed by atoms with Gasteiger partial charge in [-0.3, -0.25) is 4.79 Å². The summed E-state index contributed by atoms with van der Waals surface area (Å²) in [5.74, 6) is 0.533. The lowest BCUT2D eigenvalue weighted by molar-refractivity contribution is -0.137. The SMILES string of the molecule is CCN(C(=O)C1CCCNC1)C1CCS(=O)(=O)C1. The first kappa shape index (κ1) is 13.8. The van der Waals surface area contributed by atoms with Crippen molar-refractivity contribution in [3.8, 4) is 0 Å². The second-order valence-corrected chi connectivity index (χ2v) is 7.45. The monoisotopic (exact) mass is 274 g/mol. The van der Waals surface area contributed by atoms with Crippen molar-refractivity contribution in [1.29, 1.82) is 0 Å². The van der Waals surface area contributed by atoms with Gasteiger partial charge in [-0.15, -0.1) is 0 Å². The normalized spacial score (nSPS) is 31.2. The Hall–Kier alpha value is -0.620. The van der Waals surface area contributed by atoms with E-state index in [2.05, 4.69) is 5.32 Å². The Labute approximate surface area is 109 Å². The number of carbonyl (C=O) groups is 1. The number of sulfone groups is 1. The standard InChI is InChI=1S/C12H22N2O3S/c1-2-14(11-5-7-18(16,17)9-11)12(15)10-4-3-6-13-8-10/h10-11,13H,2-9H2,1H3. The Morgan fingerprint density at radius 2 is 2.17 bits per heavy atom. The zero-order valence-corrected chi connectivity index (χ0v) is 11.7. The molecule has 18 heavy (non-hydrogen) atoms. The lowest BCUT2D eigenvalue weighted by Crippen LogP contribution is -2.47. The summed E-state index contributed by atoms with van der Waals surface area (Å²) >= 11 is 0. The summed E-state index contributed by atoms with van der Waals surface area (Å²) in [5.41, 5.74) is 0. The quantitative estimate of drug-likeness (QED) is 0.788. The second-order valence-electron chi connectivity index (χ2n) is 5.22. The van der Waals surface area contributed by atoms with E-state index in [0.717, 1.165) is 25.9 Å². The minimum absolute atomic E-state index is 0.0296. The molecule has 0 spiro atoms. The molecule has 0 aliphatic carbocycles. The summed E-state index contributed by atoms with van der Waals surface area (Å²) in [5, 5.41) is 3.24. The number of amides is 1. The van der Waals surface area contributed by atoms with Gasteiger partial charge in [-0.1, -0.05) is 0 Å². The van der Waals surface area contributed by atoms with Gasteiger partial charge in [0, 0.05) is 19.1 Å². The van der Waals surface area contributed by atoms with Gasteiger partial charge in [-0.25, -0.2) is 8.42 Å². The highest BCUT2D eigenvalue weighted by molar-refractivity contribution is 7.91. The maximum atomic E-state index is 12.4. The predicted octanol–water partition coefficient (Wildman–Crippen LogP) is 0.0216. The van der Waals surface area contributed by atoms with Crippen molar-refractivity contribution in [3.63, 3.8) is 0 Å². The van der Waals surface area contributed by atoms with Crippen LogP contribution in [-0.2, 0) is 14.6 Å². The fourth-order valence-electron chi connectivity index (χ4n) is 2.91. The van der Waals surface area contributed by atoms with Crippen LogP contribution in [0.2, 0.25) is 0 Å². The lowest BCUT2D eigenvalue weighted by Gasteiger charge is -2.32. The van der Waals surface area contributed by atoms with E-state index in [9.17, 15) is 13.2 Å². The van der Waals surface area contributed by atoms with Crippen LogP contribution in [0.15, 0.2) is 0 Å². The number of carbonyl (C=O) groups excluding carboxylic acids is 1. The molecule has 1 N–H and O–H groups in total. The maximum absolute atomic E-state index is 12.4. The highest BCUT2D eigenvalue weighted by Crippen LogP contribution is 2.21. The van der Waals surface area contributed by atoms with E-state index in [4.69, 9.17) is 0 Å². The van der Waals surface area contributed by atoms with Crippen LogP contribution in [0.4, 0.5) is 0 Å². The molecule has 6 heteroatoms. The van der Waals surface area contributed by atoms with Crippen LogP contribution in [0.1, 0.15) is 26.2 Å². The summed E-state index contributed by atoms with van der Waals surface area (Å²) in [7, 11) is -2.92. The fourth-order valence-corrected chi connectivity index (χ4v) is 4.64. The van der Waals surface area contributed by atoms with Crippen molar-refractivity contribution in [2.45, 2.75) is 32.2 Å². The van der Waals surface area contributed by atoms with Crippen molar-refractivity contribution < 1.29 is 13.2 Å². The molecule has 2 atom stereocenters. The molecule has 2 aliphatic heterocycles. The van der Waals surface area contributed by atoms with Gasteiger partial charge in [0.1, 0.15) is 0 Å². The number of nitrogens with zero attached hydrogens (tertiary/aromatic N) is 1. The lowest BCUT2D eigenvalue weighted by atomic mass is 9.97. The molecular weight excluding hydrogens is 252 g/mol. The molecule has 0 saturated carbocycles. The average Bonchev–Trinajstić information content (AvgIpc) is 2.71. The third-order valence-electron chi connectivity index (χ3n) is 3.92. The van der Waals surface area contributed by atoms with Crippen molar-refractivity contribution in [1.82, 2.24) is 10.2 Å². The van der Waals surface area contributed by atoms with Gasteiger partial charge in [-0.2, -0.15) is 0 Å². The molecule has 2 fully saturated rings. The van der Waals surface area contributed by atoms with E-state index >= 15 is 0 Å². The molecule has 0 aromatic carbocycles. The number of hydrogen-bond donors (Lipinski definition) is 1. The number of rotatable bonds is 3. The van der Waals surface area contributed by atoms with Gasteiger partial charge < -0.3 is 10.2 Å². The van der Waals surface area contributed by atoms with E-state index < -0.39 is 9.84 Å². The van der Waals surface area contributed by atoms with Gasteiger partial charge in [0.2, 0.25) is 5.91 Å². The largest absolute Gasteiger partial charge is 0.339 e. The molecule has 2 rings (SSSR count). The summed E-state index contributed by atoms with van der Waals surface area (Å²) in [6, 6.07) is -0.102. The molecule has 5 nitrogen and oxygen atoms in total. The molecule has 2 aliphatic rings. The number of piperidine rings is 1. The van der Waals surface area contributed by atoms with Crippen LogP contribution in [-0.4, -0.2) is 56.4 Å². The first-order chi connectivity index (χ1) is 8.53. The zero-order valence-electron chi connectivity index (χ0n) is 10.9. The third-order valence-corrected chi connectivity index (χ3v) is 5.67. The molecule has 0 bridgehead atoms. The Kier molecular flexibility index (Phi) is 4.27. The first-order valence-electron chi connectivity index (χ1n) is 6.75. The highest BCUT2D eigenvalue weighted by atomic mass is 32.2. The molecular formula is C12H22N2O3S. The van der Waals surface area contributed by atoms with Gasteiger partial charge in [-0.05, 0) is 32.7 Å². The summed E-state index contributed by atoms with van der Waals surface area (Å²) in [6.45, 7) is 4.25. The van der Waals surface area contributed by atoms with Crippen LogP contribution in [0.3, 0.4) is 0 Å². The van der Waals surface area contributed by atoms with Crippen molar-refractivity contribution >= 4 is 15.7 Å². The van der Waals surface area contributed by atoms with Crippen LogP contribution in [0.25, 0.3) is 0 Å². The Morgan fingerprint density at radius 3 is 2.67 bits per heavy atom. The molecule has 1 amide bonds. The van der Waals surface area contributed by atoms with Gasteiger partial charge in [0.05, 0.1) is 17.4 Å². The zero-order chi connectivity index (χ0) is 13.2. The van der Waals surface area contributed by atoms with Gasteiger partial charge in [0.15, 0.2) is 9.84 Å². The van der Waals surface area contributed by atoms with Crippen molar-refractivity contribution in [2.75, 3.05) is 31.1 Å². The summed E-state index contributed by atoms with van der Waals surface area (Å²) in [6.07, 6.45) is 2.54. The van der Waals surface area contributed by atoms with Crippen LogP contribution < -0.4 is 5.32 Å². The fraction of sp³-hybridized carbons (Fsp3) is 0.917. The molecule has 2 heterocycles. The second kappa shape index (κ2) is 5.57. The third kappa shape index (κ3) is 3.03. The number of hydrogen-bond acceptors (Lipinski definition) is 4. The van der Waals surface area contributed by atoms with E-state index in [0.29, 0.717) is 13.0 Å². The van der Waals surface area contributed by atoms with E-state index in [-0.39, 0.29) is 29.4 Å². The van der Waals surface area contributed by atoms with Crippen molar-refractivity contribution in [3.05, 3.63) is 0 Å². The Bertz CT molecular complexity index is 402. The van der Waals surface area contributed by atoms with Crippen molar-refractivity contribution in [2.24, 2.45) is 5.92 Å². The summed E-state index contributed by atoms with van der Waals surface area (Å²) in [4.78, 5) is 14.2. The van der Waals surface area contributed by atoms with Crippen LogP contribution >= 0.6 is 0 Å². The minimum atomic E-state index is -2.92.